The second-order valence-electron chi connectivity index (χ2n) is 4.52. The lowest BCUT2D eigenvalue weighted by Crippen LogP contribution is -2.27. The number of hydrogen-bond acceptors (Lipinski definition) is 5. The minimum Gasteiger partial charge on any atom is -0.370 e. The van der Waals surface area contributed by atoms with Gasteiger partial charge in [0.1, 0.15) is 6.10 Å². The number of ether oxygens (including phenoxy) is 1. The van der Waals surface area contributed by atoms with E-state index in [2.05, 4.69) is 20.1 Å². The maximum Gasteiger partial charge on any atom is 0.244 e. The minimum absolute atomic E-state index is 0.109. The molecule has 2 fully saturated rings. The monoisotopic (exact) mass is 223 g/mol. The van der Waals surface area contributed by atoms with Crippen LogP contribution >= 0.6 is 0 Å². The van der Waals surface area contributed by atoms with Crippen LogP contribution in [-0.2, 0) is 4.74 Å². The van der Waals surface area contributed by atoms with E-state index in [0.717, 1.165) is 50.7 Å². The van der Waals surface area contributed by atoms with Crippen LogP contribution in [0.2, 0.25) is 0 Å². The zero-order valence-electron chi connectivity index (χ0n) is 9.22. The van der Waals surface area contributed by atoms with Crippen LogP contribution in [0.5, 0.6) is 0 Å². The second-order valence-corrected chi connectivity index (χ2v) is 4.52. The molecule has 0 aliphatic carbocycles. The summed E-state index contributed by atoms with van der Waals surface area (Å²) in [6, 6.07) is 0.254. The van der Waals surface area contributed by atoms with Crippen molar-refractivity contribution in [1.29, 1.82) is 0 Å². The maximum atomic E-state index is 5.86. The molecule has 2 aliphatic heterocycles. The van der Waals surface area contributed by atoms with Crippen molar-refractivity contribution in [2.75, 3.05) is 24.6 Å². The van der Waals surface area contributed by atoms with Crippen molar-refractivity contribution in [3.05, 3.63) is 5.82 Å². The van der Waals surface area contributed by atoms with Gasteiger partial charge in [-0.05, 0) is 19.3 Å². The van der Waals surface area contributed by atoms with E-state index >= 15 is 0 Å². The summed E-state index contributed by atoms with van der Waals surface area (Å²) in [5.74, 6) is 1.62. The Balaban J connectivity index is 1.72. The van der Waals surface area contributed by atoms with Crippen molar-refractivity contribution in [3.63, 3.8) is 0 Å². The van der Waals surface area contributed by atoms with Gasteiger partial charge in [0.25, 0.3) is 0 Å². The number of nitrogens with two attached hydrogens (primary N) is 1. The topological polar surface area (TPSA) is 80.1 Å². The van der Waals surface area contributed by atoms with Crippen LogP contribution < -0.4 is 10.6 Å². The van der Waals surface area contributed by atoms with Crippen LogP contribution in [0.25, 0.3) is 0 Å². The van der Waals surface area contributed by atoms with Crippen LogP contribution in [-0.4, -0.2) is 40.9 Å². The number of H-pyrrole nitrogens is 1. The number of nitrogens with zero attached hydrogens (tertiary/aromatic N) is 3. The number of rotatable bonds is 2. The predicted octanol–water partition coefficient (Wildman–Crippen LogP) is 0.194. The van der Waals surface area contributed by atoms with Gasteiger partial charge in [0.05, 0.1) is 0 Å². The van der Waals surface area contributed by atoms with Crippen molar-refractivity contribution in [2.24, 2.45) is 5.73 Å². The van der Waals surface area contributed by atoms with Crippen LogP contribution in [0.3, 0.4) is 0 Å². The molecule has 1 aromatic heterocycles. The first-order chi connectivity index (χ1) is 7.83. The Kier molecular flexibility index (Phi) is 2.53. The fourth-order valence-corrected chi connectivity index (χ4v) is 2.31. The first-order valence-corrected chi connectivity index (χ1v) is 5.87. The molecule has 1 aromatic rings. The zero-order valence-corrected chi connectivity index (χ0v) is 9.22. The summed E-state index contributed by atoms with van der Waals surface area (Å²) in [5.41, 5.74) is 5.86. The molecule has 6 nitrogen and oxygen atoms in total. The van der Waals surface area contributed by atoms with Crippen molar-refractivity contribution >= 4 is 5.95 Å². The van der Waals surface area contributed by atoms with E-state index in [-0.39, 0.29) is 12.1 Å². The molecule has 6 heteroatoms. The van der Waals surface area contributed by atoms with Gasteiger partial charge >= 0.3 is 0 Å². The first-order valence-electron chi connectivity index (χ1n) is 5.87. The Morgan fingerprint density at radius 3 is 3.06 bits per heavy atom. The van der Waals surface area contributed by atoms with E-state index in [1.807, 2.05) is 0 Å². The number of anilines is 1. The van der Waals surface area contributed by atoms with Gasteiger partial charge in [-0.3, -0.25) is 5.10 Å². The Morgan fingerprint density at radius 1 is 1.44 bits per heavy atom. The average molecular weight is 223 g/mol. The van der Waals surface area contributed by atoms with E-state index in [1.54, 1.807) is 0 Å². The van der Waals surface area contributed by atoms with Crippen LogP contribution in [0.1, 0.15) is 31.2 Å². The Labute approximate surface area is 94.2 Å². The molecule has 0 radical (unpaired) electrons. The van der Waals surface area contributed by atoms with Crippen LogP contribution in [0, 0.1) is 0 Å². The van der Waals surface area contributed by atoms with E-state index in [1.165, 1.54) is 0 Å². The molecular weight excluding hydrogens is 206 g/mol. The summed E-state index contributed by atoms with van der Waals surface area (Å²) >= 11 is 0. The molecular formula is C10H17N5O. The summed E-state index contributed by atoms with van der Waals surface area (Å²) in [6.07, 6.45) is 3.27. The molecule has 2 atom stereocenters. The third-order valence-electron chi connectivity index (χ3n) is 3.23. The van der Waals surface area contributed by atoms with Crippen LogP contribution in [0.15, 0.2) is 0 Å². The highest BCUT2D eigenvalue weighted by Gasteiger charge is 2.25. The molecule has 88 valence electrons. The van der Waals surface area contributed by atoms with Crippen LogP contribution in [0.4, 0.5) is 5.95 Å². The molecule has 16 heavy (non-hydrogen) atoms. The zero-order chi connectivity index (χ0) is 11.0. The highest BCUT2D eigenvalue weighted by molar-refractivity contribution is 5.31. The molecule has 3 rings (SSSR count). The predicted molar refractivity (Wildman–Crippen MR) is 59.1 cm³/mol. The lowest BCUT2D eigenvalue weighted by atomic mass is 10.2. The number of nitrogens with one attached hydrogen (secondary N) is 1. The summed E-state index contributed by atoms with van der Waals surface area (Å²) < 4.78 is 5.56. The first kappa shape index (κ1) is 10.0. The molecule has 0 saturated carbocycles. The van der Waals surface area contributed by atoms with Crippen molar-refractivity contribution in [3.8, 4) is 0 Å². The van der Waals surface area contributed by atoms with Gasteiger partial charge in [-0.2, -0.15) is 4.98 Å². The molecule has 0 aromatic carbocycles. The molecule has 2 unspecified atom stereocenters. The molecule has 3 heterocycles. The van der Waals surface area contributed by atoms with Gasteiger partial charge in [0, 0.05) is 25.7 Å². The van der Waals surface area contributed by atoms with E-state index < -0.39 is 0 Å². The molecule has 0 spiro atoms. The molecule has 3 N–H and O–H groups in total. The molecule has 0 amide bonds. The van der Waals surface area contributed by atoms with Gasteiger partial charge in [-0.15, -0.1) is 5.10 Å². The number of aromatic nitrogens is 3. The second kappa shape index (κ2) is 4.03. The van der Waals surface area contributed by atoms with Crippen molar-refractivity contribution < 1.29 is 4.74 Å². The fourth-order valence-electron chi connectivity index (χ4n) is 2.31. The Morgan fingerprint density at radius 2 is 2.38 bits per heavy atom. The maximum absolute atomic E-state index is 5.86. The van der Waals surface area contributed by atoms with Gasteiger partial charge in [-0.25, -0.2) is 0 Å². The minimum atomic E-state index is 0.109. The van der Waals surface area contributed by atoms with Crippen molar-refractivity contribution in [2.45, 2.75) is 31.4 Å². The molecule has 2 saturated heterocycles. The lowest BCUT2D eigenvalue weighted by Gasteiger charge is -2.12. The summed E-state index contributed by atoms with van der Waals surface area (Å²) in [4.78, 5) is 6.61. The largest absolute Gasteiger partial charge is 0.370 e. The van der Waals surface area contributed by atoms with Gasteiger partial charge in [0.2, 0.25) is 5.95 Å². The average Bonchev–Trinajstić information content (AvgIpc) is 2.97. The van der Waals surface area contributed by atoms with Gasteiger partial charge in [0.15, 0.2) is 5.82 Å². The standard InChI is InChI=1S/C10H17N5O/c11-7-3-4-15(6-7)10-12-9(13-14-10)8-2-1-5-16-8/h7-8H,1-6,11H2,(H,12,13,14). The number of hydrogen-bond donors (Lipinski definition) is 2. The van der Waals surface area contributed by atoms with E-state index in [4.69, 9.17) is 10.5 Å². The van der Waals surface area contributed by atoms with Gasteiger partial charge in [-0.1, -0.05) is 0 Å². The smallest absolute Gasteiger partial charge is 0.244 e. The summed E-state index contributed by atoms with van der Waals surface area (Å²) in [6.45, 7) is 2.63. The van der Waals surface area contributed by atoms with Gasteiger partial charge < -0.3 is 15.4 Å². The fraction of sp³-hybridized carbons (Fsp3) is 0.800. The molecule has 2 aliphatic rings. The lowest BCUT2D eigenvalue weighted by molar-refractivity contribution is 0.105. The molecule has 0 bridgehead atoms. The summed E-state index contributed by atoms with van der Waals surface area (Å²) in [5, 5.41) is 7.20. The van der Waals surface area contributed by atoms with E-state index in [9.17, 15) is 0 Å². The highest BCUT2D eigenvalue weighted by atomic mass is 16.5. The SMILES string of the molecule is NC1CCN(c2n[nH]c(C3CCCO3)n2)C1. The quantitative estimate of drug-likeness (QED) is 0.748. The Hall–Kier alpha value is -1.14. The summed E-state index contributed by atoms with van der Waals surface area (Å²) in [7, 11) is 0. The third-order valence-corrected chi connectivity index (χ3v) is 3.23. The normalized spacial score (nSPS) is 30.2. The Bertz CT molecular complexity index is 360. The highest BCUT2D eigenvalue weighted by Crippen LogP contribution is 2.27. The third kappa shape index (κ3) is 1.78. The van der Waals surface area contributed by atoms with E-state index in [0.29, 0.717) is 0 Å². The van der Waals surface area contributed by atoms with Crippen molar-refractivity contribution in [1.82, 2.24) is 15.2 Å². The number of aromatic amines is 1.